The first kappa shape index (κ1) is 11.0. The maximum Gasteiger partial charge on any atom is 0.0908 e. The molecule has 0 spiro atoms. The Labute approximate surface area is 87.1 Å². The van der Waals surface area contributed by atoms with Crippen molar-refractivity contribution in [1.29, 1.82) is 5.26 Å². The fourth-order valence-corrected chi connectivity index (χ4v) is 2.03. The molecule has 0 radical (unpaired) electrons. The molecule has 0 saturated heterocycles. The molecule has 14 heavy (non-hydrogen) atoms. The maximum absolute atomic E-state index is 8.38. The summed E-state index contributed by atoms with van der Waals surface area (Å²) in [6.07, 6.45) is 10.8. The minimum Gasteiger partial charge on any atom is -0.193 e. The minimum absolute atomic E-state index is 0.712. The predicted octanol–water partition coefficient (Wildman–Crippen LogP) is 3.84. The lowest BCUT2D eigenvalue weighted by Crippen LogP contribution is -2.13. The summed E-state index contributed by atoms with van der Waals surface area (Å²) < 4.78 is 0. The highest BCUT2D eigenvalue weighted by Gasteiger charge is 2.17. The normalized spacial score (nSPS) is 24.4. The van der Waals surface area contributed by atoms with E-state index in [0.717, 1.165) is 12.3 Å². The summed E-state index contributed by atoms with van der Waals surface area (Å²) in [5.74, 6) is 1.53. The van der Waals surface area contributed by atoms with Crippen molar-refractivity contribution >= 4 is 0 Å². The van der Waals surface area contributed by atoms with Gasteiger partial charge in [-0.15, -0.1) is 0 Å². The smallest absolute Gasteiger partial charge is 0.0908 e. The van der Waals surface area contributed by atoms with E-state index in [4.69, 9.17) is 5.26 Å². The molecule has 2 atom stereocenters. The van der Waals surface area contributed by atoms with Gasteiger partial charge < -0.3 is 0 Å². The van der Waals surface area contributed by atoms with Crippen molar-refractivity contribution in [3.63, 3.8) is 0 Å². The first-order valence-corrected chi connectivity index (χ1v) is 5.44. The average molecular weight is 189 g/mol. The van der Waals surface area contributed by atoms with Crippen LogP contribution in [0.1, 0.15) is 39.5 Å². The van der Waals surface area contributed by atoms with Gasteiger partial charge in [-0.3, -0.25) is 0 Å². The summed E-state index contributed by atoms with van der Waals surface area (Å²) >= 11 is 0. The molecule has 0 aliphatic heterocycles. The molecule has 1 aliphatic carbocycles. The molecule has 0 aromatic heterocycles. The Morgan fingerprint density at radius 1 is 1.71 bits per heavy atom. The van der Waals surface area contributed by atoms with E-state index in [2.05, 4.69) is 19.9 Å². The SMILES string of the molecule is CC1=CC[C@@H]([C@H](C)C/C=C/C#N)CC1. The van der Waals surface area contributed by atoms with Crippen LogP contribution in [0.15, 0.2) is 23.8 Å². The average Bonchev–Trinajstić information content (AvgIpc) is 2.19. The first-order chi connectivity index (χ1) is 6.74. The van der Waals surface area contributed by atoms with Gasteiger partial charge >= 0.3 is 0 Å². The molecule has 0 bridgehead atoms. The molecule has 0 N–H and O–H groups in total. The van der Waals surface area contributed by atoms with Crippen LogP contribution in [0.5, 0.6) is 0 Å². The third kappa shape index (κ3) is 3.38. The molecule has 0 aromatic rings. The lowest BCUT2D eigenvalue weighted by molar-refractivity contribution is 0.330. The van der Waals surface area contributed by atoms with Gasteiger partial charge in [0, 0.05) is 6.08 Å². The van der Waals surface area contributed by atoms with Crippen LogP contribution in [-0.2, 0) is 0 Å². The molecular formula is C13H19N. The summed E-state index contributed by atoms with van der Waals surface area (Å²) in [5.41, 5.74) is 1.54. The molecular weight excluding hydrogens is 170 g/mol. The van der Waals surface area contributed by atoms with Crippen molar-refractivity contribution in [1.82, 2.24) is 0 Å². The topological polar surface area (TPSA) is 23.8 Å². The molecule has 76 valence electrons. The Morgan fingerprint density at radius 3 is 3.07 bits per heavy atom. The van der Waals surface area contributed by atoms with Gasteiger partial charge in [0.15, 0.2) is 0 Å². The van der Waals surface area contributed by atoms with E-state index in [0.29, 0.717) is 5.92 Å². The highest BCUT2D eigenvalue weighted by molar-refractivity contribution is 5.05. The van der Waals surface area contributed by atoms with Crippen LogP contribution in [0, 0.1) is 23.2 Å². The van der Waals surface area contributed by atoms with Crippen molar-refractivity contribution in [3.05, 3.63) is 23.8 Å². The fraction of sp³-hybridized carbons (Fsp3) is 0.615. The summed E-state index contributed by atoms with van der Waals surface area (Å²) in [4.78, 5) is 0. The van der Waals surface area contributed by atoms with E-state index in [9.17, 15) is 0 Å². The van der Waals surface area contributed by atoms with Gasteiger partial charge in [0.1, 0.15) is 0 Å². The van der Waals surface area contributed by atoms with Crippen LogP contribution in [-0.4, -0.2) is 0 Å². The van der Waals surface area contributed by atoms with Crippen molar-refractivity contribution in [2.75, 3.05) is 0 Å². The zero-order valence-corrected chi connectivity index (χ0v) is 9.16. The molecule has 1 nitrogen and oxygen atoms in total. The Morgan fingerprint density at radius 2 is 2.50 bits per heavy atom. The second-order valence-corrected chi connectivity index (χ2v) is 4.33. The zero-order chi connectivity index (χ0) is 10.4. The van der Waals surface area contributed by atoms with Gasteiger partial charge in [-0.25, -0.2) is 0 Å². The van der Waals surface area contributed by atoms with E-state index in [1.54, 1.807) is 11.6 Å². The third-order valence-corrected chi connectivity index (χ3v) is 3.18. The monoisotopic (exact) mass is 189 g/mol. The Kier molecular flexibility index (Phi) is 4.46. The van der Waals surface area contributed by atoms with Gasteiger partial charge in [-0.2, -0.15) is 5.26 Å². The van der Waals surface area contributed by atoms with Crippen molar-refractivity contribution in [3.8, 4) is 6.07 Å². The number of hydrogen-bond donors (Lipinski definition) is 0. The highest BCUT2D eigenvalue weighted by atomic mass is 14.2. The first-order valence-electron chi connectivity index (χ1n) is 5.44. The molecule has 0 unspecified atom stereocenters. The quantitative estimate of drug-likeness (QED) is 0.489. The molecule has 0 fully saturated rings. The van der Waals surface area contributed by atoms with E-state index >= 15 is 0 Å². The second kappa shape index (κ2) is 5.65. The lowest BCUT2D eigenvalue weighted by Gasteiger charge is -2.25. The van der Waals surface area contributed by atoms with Crippen molar-refractivity contribution in [2.24, 2.45) is 11.8 Å². The Balaban J connectivity index is 2.35. The highest BCUT2D eigenvalue weighted by Crippen LogP contribution is 2.30. The lowest BCUT2D eigenvalue weighted by atomic mass is 9.80. The summed E-state index contributed by atoms with van der Waals surface area (Å²) in [7, 11) is 0. The van der Waals surface area contributed by atoms with E-state index in [1.807, 2.05) is 12.1 Å². The summed E-state index contributed by atoms with van der Waals surface area (Å²) in [6.45, 7) is 4.51. The number of allylic oxidation sites excluding steroid dienone is 4. The van der Waals surface area contributed by atoms with E-state index < -0.39 is 0 Å². The standard InChI is InChI=1S/C13H19N/c1-11-6-8-13(9-7-11)12(2)5-3-4-10-14/h3-4,6,12-13H,5,7-9H2,1-2H3/b4-3+/t12-,13-/m1/s1. The van der Waals surface area contributed by atoms with Crippen LogP contribution >= 0.6 is 0 Å². The van der Waals surface area contributed by atoms with E-state index in [-0.39, 0.29) is 0 Å². The molecule has 0 aromatic carbocycles. The number of nitriles is 1. The Bertz CT molecular complexity index is 267. The molecule has 1 rings (SSSR count). The predicted molar refractivity (Wildman–Crippen MR) is 59.6 cm³/mol. The molecule has 0 saturated carbocycles. The van der Waals surface area contributed by atoms with Crippen LogP contribution in [0.25, 0.3) is 0 Å². The Hall–Kier alpha value is -1.03. The molecule has 1 heteroatoms. The van der Waals surface area contributed by atoms with Gasteiger partial charge in [0.05, 0.1) is 6.07 Å². The van der Waals surface area contributed by atoms with Crippen LogP contribution in [0.4, 0.5) is 0 Å². The number of rotatable bonds is 3. The summed E-state index contributed by atoms with van der Waals surface area (Å²) in [5, 5.41) is 8.38. The minimum atomic E-state index is 0.712. The van der Waals surface area contributed by atoms with Crippen LogP contribution in [0.3, 0.4) is 0 Å². The van der Waals surface area contributed by atoms with Gasteiger partial charge in [-0.1, -0.05) is 24.6 Å². The number of hydrogen-bond acceptors (Lipinski definition) is 1. The molecule has 0 amide bonds. The molecule has 1 aliphatic rings. The largest absolute Gasteiger partial charge is 0.193 e. The van der Waals surface area contributed by atoms with Gasteiger partial charge in [0.25, 0.3) is 0 Å². The maximum atomic E-state index is 8.38. The number of nitrogens with zero attached hydrogens (tertiary/aromatic N) is 1. The zero-order valence-electron chi connectivity index (χ0n) is 9.16. The van der Waals surface area contributed by atoms with Crippen molar-refractivity contribution in [2.45, 2.75) is 39.5 Å². The summed E-state index contributed by atoms with van der Waals surface area (Å²) in [6, 6.07) is 2.04. The second-order valence-electron chi connectivity index (χ2n) is 4.33. The van der Waals surface area contributed by atoms with E-state index in [1.165, 1.54) is 19.3 Å². The van der Waals surface area contributed by atoms with Gasteiger partial charge in [-0.05, 0) is 44.4 Å². The van der Waals surface area contributed by atoms with Crippen molar-refractivity contribution < 1.29 is 0 Å². The van der Waals surface area contributed by atoms with Gasteiger partial charge in [0.2, 0.25) is 0 Å². The molecule has 0 heterocycles. The van der Waals surface area contributed by atoms with Crippen LogP contribution < -0.4 is 0 Å². The fourth-order valence-electron chi connectivity index (χ4n) is 2.03. The van der Waals surface area contributed by atoms with Crippen LogP contribution in [0.2, 0.25) is 0 Å². The third-order valence-electron chi connectivity index (χ3n) is 3.18.